The second-order valence-electron chi connectivity index (χ2n) is 9.47. The fourth-order valence-electron chi connectivity index (χ4n) is 3.89. The summed E-state index contributed by atoms with van der Waals surface area (Å²) in [5.41, 5.74) is 0. The van der Waals surface area contributed by atoms with Gasteiger partial charge in [-0.1, -0.05) is 90.4 Å². The van der Waals surface area contributed by atoms with Crippen molar-refractivity contribution >= 4 is 5.97 Å². The number of esters is 1. The molecule has 1 atom stereocenters. The van der Waals surface area contributed by atoms with E-state index < -0.39 is 0 Å². The first-order valence-electron chi connectivity index (χ1n) is 12.6. The zero-order valence-corrected chi connectivity index (χ0v) is 23.2. The third-order valence-electron chi connectivity index (χ3n) is 5.68. The number of nitrogens with zero attached hydrogens (tertiary/aromatic N) is 1. The maximum absolute atomic E-state index is 11.3. The molecule has 0 heterocycles. The van der Waals surface area contributed by atoms with Gasteiger partial charge in [0.2, 0.25) is 0 Å². The van der Waals surface area contributed by atoms with E-state index in [2.05, 4.69) is 6.92 Å². The summed E-state index contributed by atoms with van der Waals surface area (Å²) in [6, 6.07) is 0. The van der Waals surface area contributed by atoms with Gasteiger partial charge >= 0.3 is 5.97 Å². The number of rotatable bonds is 22. The van der Waals surface area contributed by atoms with Gasteiger partial charge in [-0.05, 0) is 6.42 Å². The van der Waals surface area contributed by atoms with Gasteiger partial charge in [-0.2, -0.15) is 0 Å². The summed E-state index contributed by atoms with van der Waals surface area (Å²) < 4.78 is 11.8. The highest BCUT2D eigenvalue weighted by atomic mass is 127. The Hall–Kier alpha value is 0.0800. The van der Waals surface area contributed by atoms with E-state index in [4.69, 9.17) is 14.6 Å². The molecule has 0 aromatic carbocycles. The van der Waals surface area contributed by atoms with E-state index in [0.717, 1.165) is 13.0 Å². The van der Waals surface area contributed by atoms with Crippen LogP contribution in [0.3, 0.4) is 0 Å². The zero-order chi connectivity index (χ0) is 22.5. The highest BCUT2D eigenvalue weighted by Crippen LogP contribution is 2.13. The summed E-state index contributed by atoms with van der Waals surface area (Å²) in [7, 11) is 4.06. The van der Waals surface area contributed by atoms with Crippen molar-refractivity contribution in [3.63, 3.8) is 0 Å². The average molecular weight is 558 g/mol. The summed E-state index contributed by atoms with van der Waals surface area (Å²) >= 11 is 0. The van der Waals surface area contributed by atoms with Gasteiger partial charge in [-0.25, -0.2) is 0 Å². The monoisotopic (exact) mass is 557 g/mol. The number of halogens is 1. The van der Waals surface area contributed by atoms with Crippen LogP contribution in [0, 0.1) is 0 Å². The van der Waals surface area contributed by atoms with Crippen LogP contribution in [-0.2, 0) is 14.3 Å². The topological polar surface area (TPSA) is 55.8 Å². The van der Waals surface area contributed by atoms with Crippen LogP contribution in [0.2, 0.25) is 0 Å². The second kappa shape index (κ2) is 23.2. The van der Waals surface area contributed by atoms with Gasteiger partial charge < -0.3 is 43.0 Å². The molecule has 0 aromatic rings. The molecule has 1 N–H and O–H groups in total. The third kappa shape index (κ3) is 24.6. The van der Waals surface area contributed by atoms with Crippen LogP contribution < -0.4 is 24.0 Å². The third-order valence-corrected chi connectivity index (χ3v) is 5.68. The van der Waals surface area contributed by atoms with Crippen molar-refractivity contribution in [3.05, 3.63) is 0 Å². The first-order valence-corrected chi connectivity index (χ1v) is 12.6. The van der Waals surface area contributed by atoms with Crippen molar-refractivity contribution in [1.29, 1.82) is 0 Å². The minimum absolute atomic E-state index is 0. The molecule has 5 nitrogen and oxygen atoms in total. The summed E-state index contributed by atoms with van der Waals surface area (Å²) in [5.74, 6) is -0.274. The fourth-order valence-corrected chi connectivity index (χ4v) is 3.89. The van der Waals surface area contributed by atoms with Crippen molar-refractivity contribution in [2.75, 3.05) is 47.0 Å². The fraction of sp³-hybridized carbons (Fsp3) is 0.960. The van der Waals surface area contributed by atoms with Gasteiger partial charge in [0.05, 0.1) is 27.3 Å². The van der Waals surface area contributed by atoms with Crippen molar-refractivity contribution in [3.8, 4) is 0 Å². The maximum atomic E-state index is 11.3. The van der Waals surface area contributed by atoms with E-state index in [-0.39, 0.29) is 42.7 Å². The summed E-state index contributed by atoms with van der Waals surface area (Å²) in [6.07, 6.45) is 18.6. The molecule has 1 unspecified atom stereocenters. The van der Waals surface area contributed by atoms with Crippen molar-refractivity contribution in [1.82, 2.24) is 0 Å². The summed E-state index contributed by atoms with van der Waals surface area (Å²) in [6.45, 7) is 6.28. The van der Waals surface area contributed by atoms with Gasteiger partial charge in [0.1, 0.15) is 13.1 Å². The van der Waals surface area contributed by atoms with Crippen LogP contribution in [0.15, 0.2) is 0 Å². The molecule has 0 fully saturated rings. The standard InChI is InChI=1S/C25H52NO4.HI/c1-5-6-7-8-9-10-11-12-13-14-15-16-17-18-21-29-23-25(30-24(2)28)22-26(3,4)19-20-27;/h25,27H,5-23H2,1-4H3;1H/q+1;/p-1. The predicted molar refractivity (Wildman–Crippen MR) is 126 cm³/mol. The Morgan fingerprint density at radius 2 is 1.29 bits per heavy atom. The van der Waals surface area contributed by atoms with Crippen LogP contribution in [0.4, 0.5) is 0 Å². The Morgan fingerprint density at radius 3 is 1.71 bits per heavy atom. The molecule has 0 aliphatic rings. The highest BCUT2D eigenvalue weighted by molar-refractivity contribution is 5.66. The minimum atomic E-state index is -0.274. The molecule has 0 aliphatic carbocycles. The zero-order valence-electron chi connectivity index (χ0n) is 21.0. The first kappa shape index (κ1) is 33.3. The predicted octanol–water partition coefficient (Wildman–Crippen LogP) is 2.49. The molecule has 0 saturated heterocycles. The van der Waals surface area contributed by atoms with E-state index in [0.29, 0.717) is 24.2 Å². The maximum Gasteiger partial charge on any atom is 0.303 e. The van der Waals surface area contributed by atoms with Gasteiger partial charge in [0, 0.05) is 13.5 Å². The average Bonchev–Trinajstić information content (AvgIpc) is 2.66. The van der Waals surface area contributed by atoms with Gasteiger partial charge in [0.15, 0.2) is 6.10 Å². The molecule has 188 valence electrons. The number of carbonyl (C=O) groups is 1. The van der Waals surface area contributed by atoms with E-state index in [1.165, 1.54) is 90.4 Å². The molecule has 0 aromatic heterocycles. The molecule has 0 aliphatic heterocycles. The first-order chi connectivity index (χ1) is 14.4. The molecular formula is C25H52INO4. The van der Waals surface area contributed by atoms with E-state index in [1.54, 1.807) is 0 Å². The van der Waals surface area contributed by atoms with Crippen LogP contribution in [0.1, 0.15) is 104 Å². The molecule has 0 amide bonds. The normalized spacial score (nSPS) is 12.4. The van der Waals surface area contributed by atoms with Crippen molar-refractivity contribution < 1.29 is 47.8 Å². The van der Waals surface area contributed by atoms with E-state index in [9.17, 15) is 4.79 Å². The Morgan fingerprint density at radius 1 is 0.839 bits per heavy atom. The van der Waals surface area contributed by atoms with Crippen LogP contribution in [0.5, 0.6) is 0 Å². The van der Waals surface area contributed by atoms with Gasteiger partial charge in [-0.15, -0.1) is 0 Å². The number of ether oxygens (including phenoxy) is 2. The molecule has 31 heavy (non-hydrogen) atoms. The highest BCUT2D eigenvalue weighted by Gasteiger charge is 2.24. The Kier molecular flexibility index (Phi) is 24.9. The number of hydrogen-bond donors (Lipinski definition) is 1. The van der Waals surface area contributed by atoms with Crippen LogP contribution in [-0.4, -0.2) is 68.7 Å². The number of carbonyl (C=O) groups excluding carboxylic acids is 1. The summed E-state index contributed by atoms with van der Waals surface area (Å²) in [4.78, 5) is 11.3. The van der Waals surface area contributed by atoms with Crippen LogP contribution in [0.25, 0.3) is 0 Å². The van der Waals surface area contributed by atoms with E-state index >= 15 is 0 Å². The number of hydrogen-bond acceptors (Lipinski definition) is 4. The number of aliphatic hydroxyl groups is 1. The number of unbranched alkanes of at least 4 members (excludes halogenated alkanes) is 13. The van der Waals surface area contributed by atoms with Crippen molar-refractivity contribution in [2.45, 2.75) is 110 Å². The number of aliphatic hydroxyl groups excluding tert-OH is 1. The second-order valence-corrected chi connectivity index (χ2v) is 9.47. The molecule has 0 saturated carbocycles. The lowest BCUT2D eigenvalue weighted by Crippen LogP contribution is -3.00. The molecule has 6 heteroatoms. The molecular weight excluding hydrogens is 505 g/mol. The lowest BCUT2D eigenvalue weighted by molar-refractivity contribution is -0.893. The molecule has 0 spiro atoms. The van der Waals surface area contributed by atoms with Gasteiger partial charge in [-0.3, -0.25) is 4.79 Å². The van der Waals surface area contributed by atoms with E-state index in [1.807, 2.05) is 14.1 Å². The molecule has 0 rings (SSSR count). The molecule has 0 radical (unpaired) electrons. The van der Waals surface area contributed by atoms with Crippen molar-refractivity contribution in [2.24, 2.45) is 0 Å². The van der Waals surface area contributed by atoms with Crippen LogP contribution >= 0.6 is 0 Å². The summed E-state index contributed by atoms with van der Waals surface area (Å²) in [5, 5.41) is 9.17. The largest absolute Gasteiger partial charge is 1.00 e. The lowest BCUT2D eigenvalue weighted by Gasteiger charge is -2.32. The Labute approximate surface area is 210 Å². The molecule has 0 bridgehead atoms. The smallest absolute Gasteiger partial charge is 0.303 e. The number of quaternary nitrogens is 1. The number of likely N-dealkylation sites (N-methyl/N-ethyl adjacent to an activating group) is 1. The quantitative estimate of drug-likeness (QED) is 0.0963. The lowest BCUT2D eigenvalue weighted by atomic mass is 10.0. The van der Waals surface area contributed by atoms with Gasteiger partial charge in [0.25, 0.3) is 0 Å². The Bertz CT molecular complexity index is 394. The Balaban J connectivity index is 0. The minimum Gasteiger partial charge on any atom is -1.00 e. The SMILES string of the molecule is CCCCCCCCCCCCCCCCOCC(C[N+](C)(C)CCO)OC(C)=O.[I-].